The first kappa shape index (κ1) is 24.7. The Morgan fingerprint density at radius 2 is 2.00 bits per heavy atom. The van der Waals surface area contributed by atoms with Crippen LogP contribution < -0.4 is 15.8 Å². The van der Waals surface area contributed by atoms with Gasteiger partial charge in [0, 0.05) is 50.2 Å². The topological polar surface area (TPSA) is 118 Å². The van der Waals surface area contributed by atoms with Gasteiger partial charge in [0.1, 0.15) is 16.8 Å². The molecule has 0 unspecified atom stereocenters. The second-order valence-corrected chi connectivity index (χ2v) is 10.3. The molecule has 0 saturated carbocycles. The maximum absolute atomic E-state index is 9.22. The molecule has 2 saturated heterocycles. The molecule has 0 aliphatic carbocycles. The monoisotopic (exact) mass is 494 g/mol. The first-order valence-corrected chi connectivity index (χ1v) is 13.0. The van der Waals surface area contributed by atoms with Gasteiger partial charge in [0.2, 0.25) is 5.95 Å². The summed E-state index contributed by atoms with van der Waals surface area (Å²) in [5, 5.41) is 17.2. The van der Waals surface area contributed by atoms with Gasteiger partial charge in [-0.1, -0.05) is 25.5 Å². The Balaban J connectivity index is 1.27. The summed E-state index contributed by atoms with van der Waals surface area (Å²) in [6.45, 7) is 9.94. The highest BCUT2D eigenvalue weighted by atomic mass is 16.5. The second kappa shape index (κ2) is 10.6. The summed E-state index contributed by atoms with van der Waals surface area (Å²) in [4.78, 5) is 13.7. The van der Waals surface area contributed by atoms with E-state index in [-0.39, 0.29) is 12.6 Å². The summed E-state index contributed by atoms with van der Waals surface area (Å²) in [7, 11) is 1.72. The van der Waals surface area contributed by atoms with Crippen LogP contribution in [0, 0.1) is 5.41 Å². The molecule has 0 bridgehead atoms. The SMILES string of the molecule is CCCCNc1nc(N)nc2cnn(Cc3ccc(CN4CC5(CCN(CCO)C5)C4)cc3OC)c12. The van der Waals surface area contributed by atoms with Crippen molar-refractivity contribution in [3.8, 4) is 5.75 Å². The number of β-amino-alcohol motifs (C(OH)–C–C–N with tert-alkyl or cyclic N) is 1. The van der Waals surface area contributed by atoms with Gasteiger partial charge in [-0.25, -0.2) is 4.98 Å². The molecule has 2 aliphatic rings. The van der Waals surface area contributed by atoms with E-state index in [0.717, 1.165) is 86.8 Å². The lowest BCUT2D eigenvalue weighted by molar-refractivity contribution is 0.00124. The smallest absolute Gasteiger partial charge is 0.222 e. The van der Waals surface area contributed by atoms with Crippen molar-refractivity contribution in [2.75, 3.05) is 64.0 Å². The summed E-state index contributed by atoms with van der Waals surface area (Å²) < 4.78 is 7.70. The third-order valence-corrected chi connectivity index (χ3v) is 7.46. The molecule has 4 heterocycles. The average molecular weight is 495 g/mol. The van der Waals surface area contributed by atoms with Crippen LogP contribution >= 0.6 is 0 Å². The Morgan fingerprint density at radius 3 is 2.78 bits per heavy atom. The quantitative estimate of drug-likeness (QED) is 0.345. The molecule has 1 spiro atoms. The summed E-state index contributed by atoms with van der Waals surface area (Å²) in [6.07, 6.45) is 5.12. The van der Waals surface area contributed by atoms with Gasteiger partial charge in [0.25, 0.3) is 0 Å². The molecule has 10 heteroatoms. The average Bonchev–Trinajstić information content (AvgIpc) is 3.44. The van der Waals surface area contributed by atoms with Crippen molar-refractivity contribution in [3.63, 3.8) is 0 Å². The van der Waals surface area contributed by atoms with Crippen LogP contribution in [0.2, 0.25) is 0 Å². The third-order valence-electron chi connectivity index (χ3n) is 7.46. The molecular formula is C26H38N8O2. The summed E-state index contributed by atoms with van der Waals surface area (Å²) in [5.74, 6) is 1.82. The fraction of sp³-hybridized carbons (Fsp3) is 0.577. The molecule has 2 fully saturated rings. The molecule has 4 N–H and O–H groups in total. The molecule has 0 radical (unpaired) electrons. The minimum Gasteiger partial charge on any atom is -0.496 e. The van der Waals surface area contributed by atoms with E-state index in [4.69, 9.17) is 10.5 Å². The number of aliphatic hydroxyl groups is 1. The number of fused-ring (bicyclic) bond motifs is 1. The van der Waals surface area contributed by atoms with Crippen LogP contribution in [0.5, 0.6) is 5.75 Å². The number of nitrogens with zero attached hydrogens (tertiary/aromatic N) is 6. The normalized spacial score (nSPS) is 17.6. The van der Waals surface area contributed by atoms with Crippen LogP contribution in [0.4, 0.5) is 11.8 Å². The molecule has 0 atom stereocenters. The van der Waals surface area contributed by atoms with Crippen LogP contribution in [-0.2, 0) is 13.1 Å². The zero-order valence-corrected chi connectivity index (χ0v) is 21.4. The Labute approximate surface area is 212 Å². The number of nitrogens with two attached hydrogens (primary N) is 1. The van der Waals surface area contributed by atoms with Crippen LogP contribution in [0.25, 0.3) is 11.0 Å². The number of aromatic nitrogens is 4. The molecule has 36 heavy (non-hydrogen) atoms. The maximum Gasteiger partial charge on any atom is 0.222 e. The lowest BCUT2D eigenvalue weighted by Crippen LogP contribution is -2.56. The number of rotatable bonds is 11. The lowest BCUT2D eigenvalue weighted by atomic mass is 9.79. The first-order valence-electron chi connectivity index (χ1n) is 13.0. The first-order chi connectivity index (χ1) is 17.5. The van der Waals surface area contributed by atoms with E-state index in [9.17, 15) is 5.11 Å². The van der Waals surface area contributed by atoms with Crippen molar-refractivity contribution in [1.29, 1.82) is 0 Å². The van der Waals surface area contributed by atoms with Gasteiger partial charge >= 0.3 is 0 Å². The standard InChI is InChI=1S/C26H38N8O2/c1-3-4-8-28-24-23-21(30-25(27)31-24)13-29-34(23)15-20-6-5-19(12-22(20)36-2)14-33-17-26(18-33)7-9-32(16-26)10-11-35/h5-6,12-13,35H,3-4,7-11,14-18H2,1-2H3,(H3,27,28,30,31). The Bertz CT molecular complexity index is 1190. The van der Waals surface area contributed by atoms with Crippen molar-refractivity contribution in [2.45, 2.75) is 39.3 Å². The molecule has 2 aliphatic heterocycles. The van der Waals surface area contributed by atoms with E-state index >= 15 is 0 Å². The number of ether oxygens (including phenoxy) is 1. The summed E-state index contributed by atoms with van der Waals surface area (Å²) >= 11 is 0. The predicted octanol–water partition coefficient (Wildman–Crippen LogP) is 2.18. The third kappa shape index (κ3) is 5.11. The lowest BCUT2D eigenvalue weighted by Gasteiger charge is -2.48. The molecule has 0 amide bonds. The number of nitrogens with one attached hydrogen (secondary N) is 1. The Morgan fingerprint density at radius 1 is 1.17 bits per heavy atom. The number of anilines is 2. The van der Waals surface area contributed by atoms with Gasteiger partial charge in [0.05, 0.1) is 26.5 Å². The molecule has 3 aromatic rings. The van der Waals surface area contributed by atoms with Crippen molar-refractivity contribution >= 4 is 22.8 Å². The van der Waals surface area contributed by atoms with Crippen LogP contribution in [-0.4, -0.2) is 87.6 Å². The summed E-state index contributed by atoms with van der Waals surface area (Å²) in [5.41, 5.74) is 10.2. The molecule has 5 rings (SSSR count). The molecule has 1 aromatic carbocycles. The van der Waals surface area contributed by atoms with Gasteiger partial charge < -0.3 is 25.8 Å². The van der Waals surface area contributed by atoms with E-state index in [0.29, 0.717) is 12.0 Å². The number of hydrogen-bond donors (Lipinski definition) is 3. The summed E-state index contributed by atoms with van der Waals surface area (Å²) in [6, 6.07) is 6.47. The largest absolute Gasteiger partial charge is 0.496 e. The highest BCUT2D eigenvalue weighted by Gasteiger charge is 2.46. The molecule has 194 valence electrons. The molecule has 2 aromatic heterocycles. The van der Waals surface area contributed by atoms with Crippen LogP contribution in [0.15, 0.2) is 24.4 Å². The fourth-order valence-corrected chi connectivity index (χ4v) is 5.71. The number of unbranched alkanes of at least 4 members (excludes halogenated alkanes) is 1. The number of likely N-dealkylation sites (tertiary alicyclic amines) is 2. The Kier molecular flexibility index (Phi) is 7.27. The predicted molar refractivity (Wildman–Crippen MR) is 141 cm³/mol. The minimum atomic E-state index is 0.245. The van der Waals surface area contributed by atoms with Crippen molar-refractivity contribution in [2.24, 2.45) is 5.41 Å². The van der Waals surface area contributed by atoms with Crippen molar-refractivity contribution in [1.82, 2.24) is 29.5 Å². The zero-order chi connectivity index (χ0) is 25.1. The van der Waals surface area contributed by atoms with E-state index in [1.54, 1.807) is 13.3 Å². The Hall–Kier alpha value is -2.95. The molecule has 10 nitrogen and oxygen atoms in total. The van der Waals surface area contributed by atoms with Gasteiger partial charge in [0.15, 0.2) is 5.82 Å². The van der Waals surface area contributed by atoms with E-state index in [1.807, 2.05) is 4.68 Å². The van der Waals surface area contributed by atoms with Gasteiger partial charge in [-0.2, -0.15) is 10.1 Å². The van der Waals surface area contributed by atoms with Crippen molar-refractivity contribution < 1.29 is 9.84 Å². The maximum atomic E-state index is 9.22. The van der Waals surface area contributed by atoms with Gasteiger partial charge in [-0.3, -0.25) is 9.58 Å². The number of hydrogen-bond acceptors (Lipinski definition) is 9. The number of nitrogen functional groups attached to an aromatic ring is 1. The van der Waals surface area contributed by atoms with Gasteiger partial charge in [-0.15, -0.1) is 0 Å². The van der Waals surface area contributed by atoms with Crippen LogP contribution in [0.3, 0.4) is 0 Å². The number of methoxy groups -OCH3 is 1. The fourth-order valence-electron chi connectivity index (χ4n) is 5.71. The highest BCUT2D eigenvalue weighted by Crippen LogP contribution is 2.40. The van der Waals surface area contributed by atoms with E-state index < -0.39 is 0 Å². The molecular weight excluding hydrogens is 456 g/mol. The van der Waals surface area contributed by atoms with E-state index in [1.165, 1.54) is 12.0 Å². The number of benzene rings is 1. The zero-order valence-electron chi connectivity index (χ0n) is 21.4. The van der Waals surface area contributed by atoms with Crippen LogP contribution in [0.1, 0.15) is 37.3 Å². The van der Waals surface area contributed by atoms with Gasteiger partial charge in [-0.05, 0) is 31.0 Å². The minimum absolute atomic E-state index is 0.245. The van der Waals surface area contributed by atoms with Crippen molar-refractivity contribution in [3.05, 3.63) is 35.5 Å². The van der Waals surface area contributed by atoms with E-state index in [2.05, 4.69) is 55.3 Å². The highest BCUT2D eigenvalue weighted by molar-refractivity contribution is 5.86. The number of aliphatic hydroxyl groups excluding tert-OH is 1. The second-order valence-electron chi connectivity index (χ2n) is 10.3.